The number of benzene rings is 2. The number of aromatic nitrogens is 2. The number of carbonyl (C=O) groups excluding carboxylic acids is 5. The lowest BCUT2D eigenvalue weighted by Gasteiger charge is -2.37. The number of carbonyl (C=O) groups is 5. The molecule has 4 amide bonds. The van der Waals surface area contributed by atoms with Crippen molar-refractivity contribution >= 4 is 40.5 Å². The molecule has 2 saturated heterocycles. The lowest BCUT2D eigenvalue weighted by molar-refractivity contribution is -0.155. The van der Waals surface area contributed by atoms with E-state index in [0.717, 1.165) is 33.2 Å². The molecule has 0 aliphatic carbocycles. The van der Waals surface area contributed by atoms with Gasteiger partial charge in [0.15, 0.2) is 6.30 Å². The highest BCUT2D eigenvalue weighted by atomic mass is 19.1. The van der Waals surface area contributed by atoms with Gasteiger partial charge in [0.1, 0.15) is 18.1 Å². The summed E-state index contributed by atoms with van der Waals surface area (Å²) in [6.07, 6.45) is 3.04. The number of cyclic esters (lactones) is 1. The zero-order chi connectivity index (χ0) is 47.6. The maximum absolute atomic E-state index is 16.2. The summed E-state index contributed by atoms with van der Waals surface area (Å²) >= 11 is 0. The summed E-state index contributed by atoms with van der Waals surface area (Å²) in [6, 6.07) is 14.7. The number of halogens is 1. The van der Waals surface area contributed by atoms with Gasteiger partial charge in [-0.25, -0.2) is 9.82 Å². The van der Waals surface area contributed by atoms with Crippen LogP contribution in [0.1, 0.15) is 90.0 Å². The second kappa shape index (κ2) is 19.9. The third-order valence-electron chi connectivity index (χ3n) is 13.3. The van der Waals surface area contributed by atoms with Gasteiger partial charge in [-0.3, -0.25) is 34.0 Å². The first-order valence-electron chi connectivity index (χ1n) is 23.0. The SMILES string of the molecule is C=CC(=O)N1CCC(C(=O)N(C)[C@H](C(=O)N[C@H]2Cc3cccc(c3)-c3ccc4c(c3)c(c(-c3cccnc3[C@H](C)OC)n4C(C)F)CC(C)(C)COC(=O)[C@@H]3CCCN(N3)C2=O)C(C)C)C1. The van der Waals surface area contributed by atoms with Gasteiger partial charge in [-0.1, -0.05) is 64.6 Å². The van der Waals surface area contributed by atoms with Crippen molar-refractivity contribution < 1.29 is 37.8 Å². The Kier molecular flexibility index (Phi) is 14.5. The maximum atomic E-state index is 16.2. The molecule has 5 heterocycles. The Balaban J connectivity index is 1.30. The molecule has 15 heteroatoms. The van der Waals surface area contributed by atoms with E-state index in [4.69, 9.17) is 14.5 Å². The Hall–Kier alpha value is -5.93. The lowest BCUT2D eigenvalue weighted by atomic mass is 9.84. The van der Waals surface area contributed by atoms with E-state index >= 15 is 4.39 Å². The van der Waals surface area contributed by atoms with Crippen molar-refractivity contribution in [3.8, 4) is 22.4 Å². The van der Waals surface area contributed by atoms with Crippen molar-refractivity contribution in [3.63, 3.8) is 0 Å². The van der Waals surface area contributed by atoms with Crippen LogP contribution in [0.4, 0.5) is 4.39 Å². The van der Waals surface area contributed by atoms with Gasteiger partial charge in [0.05, 0.1) is 35.5 Å². The minimum atomic E-state index is -1.42. The summed E-state index contributed by atoms with van der Waals surface area (Å²) in [5, 5.41) is 5.26. The molecule has 2 aromatic carbocycles. The normalized spacial score (nSPS) is 21.5. The smallest absolute Gasteiger partial charge is 0.324 e. The van der Waals surface area contributed by atoms with Crippen molar-refractivity contribution in [2.45, 2.75) is 104 Å². The number of nitrogens with zero attached hydrogens (tertiary/aromatic N) is 5. The number of hydrogen-bond donors (Lipinski definition) is 2. The van der Waals surface area contributed by atoms with Crippen LogP contribution in [0.3, 0.4) is 0 Å². The largest absolute Gasteiger partial charge is 0.464 e. The van der Waals surface area contributed by atoms with Gasteiger partial charge in [0.2, 0.25) is 17.7 Å². The van der Waals surface area contributed by atoms with E-state index in [0.29, 0.717) is 55.7 Å². The maximum Gasteiger partial charge on any atom is 0.324 e. The van der Waals surface area contributed by atoms with Crippen molar-refractivity contribution in [2.24, 2.45) is 17.3 Å². The molecule has 3 aliphatic rings. The molecule has 2 fully saturated rings. The molecule has 6 bridgehead atoms. The molecular formula is C51H64FN7O7. The summed E-state index contributed by atoms with van der Waals surface area (Å²) in [5.41, 5.74) is 8.60. The predicted molar refractivity (Wildman–Crippen MR) is 250 cm³/mol. The second-order valence-electron chi connectivity index (χ2n) is 19.2. The number of likely N-dealkylation sites (tertiary alicyclic amines) is 1. The van der Waals surface area contributed by atoms with E-state index < -0.39 is 53.5 Å². The molecule has 0 radical (unpaired) electrons. The van der Waals surface area contributed by atoms with Gasteiger partial charge in [-0.15, -0.1) is 0 Å². The first-order valence-corrected chi connectivity index (χ1v) is 23.0. The van der Waals surface area contributed by atoms with Crippen LogP contribution >= 0.6 is 0 Å². The first-order chi connectivity index (χ1) is 31.4. The van der Waals surface area contributed by atoms with Gasteiger partial charge in [-0.05, 0) is 98.0 Å². The van der Waals surface area contributed by atoms with E-state index in [2.05, 4.69) is 23.4 Å². The number of methoxy groups -OCH3 is 1. The lowest BCUT2D eigenvalue weighted by Crippen LogP contribution is -2.62. The van der Waals surface area contributed by atoms with Crippen molar-refractivity contribution in [2.75, 3.05) is 40.4 Å². The van der Waals surface area contributed by atoms with Gasteiger partial charge >= 0.3 is 5.97 Å². The first kappa shape index (κ1) is 48.0. The minimum Gasteiger partial charge on any atom is -0.464 e. The number of likely N-dealkylation sites (N-methyl/N-ethyl adjacent to an activating group) is 1. The molecule has 2 N–H and O–H groups in total. The van der Waals surface area contributed by atoms with Crippen LogP contribution in [0.2, 0.25) is 0 Å². The van der Waals surface area contributed by atoms with Crippen LogP contribution in [0.15, 0.2) is 73.4 Å². The molecule has 3 aliphatic heterocycles. The molecule has 66 heavy (non-hydrogen) atoms. The van der Waals surface area contributed by atoms with Crippen molar-refractivity contribution in [1.82, 2.24) is 35.1 Å². The number of hydrazine groups is 1. The number of alkyl halides is 1. The molecule has 7 rings (SSSR count). The van der Waals surface area contributed by atoms with Crippen LogP contribution in [-0.4, -0.2) is 112 Å². The van der Waals surface area contributed by atoms with Crippen LogP contribution < -0.4 is 10.7 Å². The fourth-order valence-corrected chi connectivity index (χ4v) is 9.87. The molecule has 2 unspecified atom stereocenters. The number of amides is 4. The quantitative estimate of drug-likeness (QED) is 0.130. The Morgan fingerprint density at radius 3 is 2.52 bits per heavy atom. The highest BCUT2D eigenvalue weighted by Crippen LogP contribution is 2.43. The average molecular weight is 906 g/mol. The van der Waals surface area contributed by atoms with Crippen LogP contribution in [-0.2, 0) is 46.3 Å². The summed E-state index contributed by atoms with van der Waals surface area (Å²) in [4.78, 5) is 77.0. The minimum absolute atomic E-state index is 0.0380. The van der Waals surface area contributed by atoms with Gasteiger partial charge in [0.25, 0.3) is 5.91 Å². The number of fused-ring (bicyclic) bond motifs is 6. The van der Waals surface area contributed by atoms with Gasteiger partial charge in [-0.2, -0.15) is 0 Å². The Bertz CT molecular complexity index is 2500. The van der Waals surface area contributed by atoms with E-state index in [-0.39, 0.29) is 43.4 Å². The zero-order valence-corrected chi connectivity index (χ0v) is 39.4. The van der Waals surface area contributed by atoms with E-state index in [1.165, 1.54) is 22.9 Å². The fraction of sp³-hybridized carbons (Fsp3) is 0.490. The number of pyridine rings is 1. The standard InChI is InChI=1S/C51H64FN7O7/c1-10-43(60)57-23-20-36(28-57)48(62)56(8)45(30(2)3)47(61)54-41-25-33-14-11-15-34(24-33)35-18-19-42-38(26-35)39(46(59(42)32(5)52)37-16-12-21-53-44(37)31(4)65-9)27-51(6,7)29-66-50(64)40-17-13-22-58(55-40)49(41)63/h10-12,14-16,18-19,21,24,26,30-32,36,40-41,45,55H,1,13,17,20,22-23,25,27-29H2,2-9H3,(H,54,61)/t31-,32?,36?,40-,41-,45-/m0/s1. The van der Waals surface area contributed by atoms with E-state index in [9.17, 15) is 24.0 Å². The molecule has 2 aromatic heterocycles. The monoisotopic (exact) mass is 905 g/mol. The fourth-order valence-electron chi connectivity index (χ4n) is 9.87. The third-order valence-corrected chi connectivity index (χ3v) is 13.3. The molecule has 352 valence electrons. The second-order valence-corrected chi connectivity index (χ2v) is 19.2. The highest BCUT2D eigenvalue weighted by Gasteiger charge is 2.40. The molecule has 4 aromatic rings. The molecule has 0 spiro atoms. The Labute approximate surface area is 386 Å². The number of ether oxygens (including phenoxy) is 2. The molecule has 6 atom stereocenters. The van der Waals surface area contributed by atoms with E-state index in [1.54, 1.807) is 29.8 Å². The highest BCUT2D eigenvalue weighted by molar-refractivity contribution is 5.96. The number of esters is 1. The molecule has 14 nitrogen and oxygen atoms in total. The summed E-state index contributed by atoms with van der Waals surface area (Å²) < 4.78 is 29.7. The molecular weight excluding hydrogens is 842 g/mol. The number of rotatable bonds is 10. The number of nitrogens with one attached hydrogen (secondary N) is 2. The molecule has 0 saturated carbocycles. The van der Waals surface area contributed by atoms with Crippen LogP contribution in [0.5, 0.6) is 0 Å². The van der Waals surface area contributed by atoms with Crippen LogP contribution in [0, 0.1) is 17.3 Å². The topological polar surface area (TPSA) is 155 Å². The summed E-state index contributed by atoms with van der Waals surface area (Å²) in [6.45, 7) is 15.7. The van der Waals surface area contributed by atoms with Crippen molar-refractivity contribution in [3.05, 3.63) is 90.3 Å². The van der Waals surface area contributed by atoms with Crippen molar-refractivity contribution in [1.29, 1.82) is 0 Å². The number of hydrogen-bond acceptors (Lipinski definition) is 9. The predicted octanol–water partition coefficient (Wildman–Crippen LogP) is 6.73. The van der Waals surface area contributed by atoms with Gasteiger partial charge < -0.3 is 29.2 Å². The Morgan fingerprint density at radius 2 is 1.80 bits per heavy atom. The summed E-state index contributed by atoms with van der Waals surface area (Å²) in [7, 11) is 3.21. The van der Waals surface area contributed by atoms with E-state index in [1.807, 2.05) is 83.1 Å². The zero-order valence-electron chi connectivity index (χ0n) is 39.4. The average Bonchev–Trinajstić information content (AvgIpc) is 3.92. The Morgan fingerprint density at radius 1 is 1.05 bits per heavy atom. The van der Waals surface area contributed by atoms with Gasteiger partial charge in [0, 0.05) is 62.8 Å². The summed E-state index contributed by atoms with van der Waals surface area (Å²) in [5.74, 6) is -2.77. The van der Waals surface area contributed by atoms with Crippen LogP contribution in [0.25, 0.3) is 33.3 Å². The third kappa shape index (κ3) is 9.92.